The SMILES string of the molecule is O=S(=O)(O)c1ccccc1-c1cc2cc3nc(cc4ccc(cc5nc(cc1[nH]2)C=C5)[nH]4)C=C3.[Mn]. The predicted octanol–water partition coefficient (Wildman–Crippen LogP) is 5.57. The standard InChI is InChI=1S/C26H18N4O3S.Mn/c31-34(32,33)26-4-2-1-3-23(26)24-14-22-13-20-8-7-18(28-20)11-16-5-6-17(27-16)12-19-9-10-21(29-19)15-25(24)30-22;/h1-15,27,30H,(H,31,32,33);. The minimum atomic E-state index is -4.42. The van der Waals surface area contributed by atoms with Crippen LogP contribution in [0.3, 0.4) is 0 Å². The number of hydrogen-bond donors (Lipinski definition) is 3. The zero-order chi connectivity index (χ0) is 23.3. The Bertz CT molecular complexity index is 1800. The van der Waals surface area contributed by atoms with E-state index >= 15 is 0 Å². The summed E-state index contributed by atoms with van der Waals surface area (Å²) in [6.45, 7) is 0. The van der Waals surface area contributed by atoms with Gasteiger partial charge in [0.1, 0.15) is 4.90 Å². The summed E-state index contributed by atoms with van der Waals surface area (Å²) in [5.41, 5.74) is 7.37. The van der Waals surface area contributed by atoms with Crippen molar-refractivity contribution in [2.24, 2.45) is 0 Å². The van der Waals surface area contributed by atoms with Crippen LogP contribution in [0.15, 0.2) is 71.6 Å². The average molecular weight is 521 g/mol. The summed E-state index contributed by atoms with van der Waals surface area (Å²) in [5, 5.41) is 0. The minimum absolute atomic E-state index is 0. The second-order valence-corrected chi connectivity index (χ2v) is 9.45. The summed E-state index contributed by atoms with van der Waals surface area (Å²) in [4.78, 5) is 15.9. The molecule has 0 amide bonds. The molecule has 8 bridgehead atoms. The quantitative estimate of drug-likeness (QED) is 0.204. The zero-order valence-corrected chi connectivity index (χ0v) is 20.1. The molecule has 3 N–H and O–H groups in total. The summed E-state index contributed by atoms with van der Waals surface area (Å²) in [6, 6.07) is 19.9. The summed E-state index contributed by atoms with van der Waals surface area (Å²) < 4.78 is 33.9. The number of nitrogens with zero attached hydrogens (tertiary/aromatic N) is 2. The van der Waals surface area contributed by atoms with Gasteiger partial charge in [0.2, 0.25) is 0 Å². The Morgan fingerprint density at radius 1 is 0.629 bits per heavy atom. The average Bonchev–Trinajstić information content (AvgIpc) is 3.58. The maximum Gasteiger partial charge on any atom is 0.295 e. The number of benzene rings is 1. The van der Waals surface area contributed by atoms with E-state index in [9.17, 15) is 13.0 Å². The molecule has 1 aromatic carbocycles. The molecular weight excluding hydrogens is 503 g/mol. The third-order valence-corrected chi connectivity index (χ3v) is 6.54. The van der Waals surface area contributed by atoms with Crippen LogP contribution in [0.1, 0.15) is 22.8 Å². The van der Waals surface area contributed by atoms with E-state index < -0.39 is 10.1 Å². The molecule has 0 aliphatic carbocycles. The van der Waals surface area contributed by atoms with Crippen molar-refractivity contribution in [1.82, 2.24) is 19.9 Å². The van der Waals surface area contributed by atoms with Crippen molar-refractivity contribution in [1.29, 1.82) is 0 Å². The normalized spacial score (nSPS) is 12.5. The molecule has 35 heavy (non-hydrogen) atoms. The Morgan fingerprint density at radius 2 is 1.17 bits per heavy atom. The van der Waals surface area contributed by atoms with Gasteiger partial charge < -0.3 is 9.97 Å². The topological polar surface area (TPSA) is 112 Å². The Balaban J connectivity index is 0.00000253. The Kier molecular flexibility index (Phi) is 5.78. The van der Waals surface area contributed by atoms with Gasteiger partial charge in [0.05, 0.1) is 22.8 Å². The molecule has 0 spiro atoms. The van der Waals surface area contributed by atoms with Crippen LogP contribution in [-0.4, -0.2) is 32.9 Å². The molecule has 3 aromatic heterocycles. The number of rotatable bonds is 2. The summed E-state index contributed by atoms with van der Waals surface area (Å²) in [7, 11) is -4.42. The second kappa shape index (κ2) is 8.79. The van der Waals surface area contributed by atoms with Crippen molar-refractivity contribution in [3.63, 3.8) is 0 Å². The number of aromatic nitrogens is 4. The van der Waals surface area contributed by atoms with E-state index in [0.29, 0.717) is 22.3 Å². The van der Waals surface area contributed by atoms with Gasteiger partial charge >= 0.3 is 0 Å². The van der Waals surface area contributed by atoms with Gasteiger partial charge in [0.25, 0.3) is 10.1 Å². The first-order valence-electron chi connectivity index (χ1n) is 10.6. The number of aromatic amines is 2. The first-order chi connectivity index (χ1) is 16.4. The van der Waals surface area contributed by atoms with E-state index in [1.54, 1.807) is 18.2 Å². The molecular formula is C26H18MnN4O3S. The van der Waals surface area contributed by atoms with Crippen molar-refractivity contribution in [3.05, 3.63) is 89.5 Å². The van der Waals surface area contributed by atoms with E-state index in [-0.39, 0.29) is 22.0 Å². The molecule has 5 heterocycles. The molecule has 1 radical (unpaired) electrons. The Labute approximate surface area is 211 Å². The van der Waals surface area contributed by atoms with Gasteiger partial charge in [-0.1, -0.05) is 18.2 Å². The van der Waals surface area contributed by atoms with E-state index in [4.69, 9.17) is 0 Å². The van der Waals surface area contributed by atoms with Crippen molar-refractivity contribution >= 4 is 56.5 Å². The second-order valence-electron chi connectivity index (χ2n) is 8.06. The molecule has 173 valence electrons. The number of nitrogens with one attached hydrogen (secondary N) is 2. The van der Waals surface area contributed by atoms with Gasteiger partial charge in [0, 0.05) is 50.3 Å². The van der Waals surface area contributed by atoms with Gasteiger partial charge in [-0.2, -0.15) is 8.42 Å². The summed E-state index contributed by atoms with van der Waals surface area (Å²) >= 11 is 0. The molecule has 0 atom stereocenters. The monoisotopic (exact) mass is 521 g/mol. The zero-order valence-electron chi connectivity index (χ0n) is 18.1. The Morgan fingerprint density at radius 3 is 1.77 bits per heavy atom. The van der Waals surface area contributed by atoms with Crippen LogP contribution in [-0.2, 0) is 27.2 Å². The van der Waals surface area contributed by atoms with Crippen molar-refractivity contribution in [2.45, 2.75) is 4.90 Å². The van der Waals surface area contributed by atoms with Gasteiger partial charge in [-0.25, -0.2) is 9.97 Å². The molecule has 9 heteroatoms. The van der Waals surface area contributed by atoms with Gasteiger partial charge in [-0.3, -0.25) is 4.55 Å². The molecule has 0 saturated carbocycles. The maximum absolute atomic E-state index is 12.1. The summed E-state index contributed by atoms with van der Waals surface area (Å²) in [6.07, 6.45) is 7.66. The third-order valence-electron chi connectivity index (χ3n) is 5.62. The van der Waals surface area contributed by atoms with E-state index in [2.05, 4.69) is 19.9 Å². The molecule has 6 rings (SSSR count). The minimum Gasteiger partial charge on any atom is -0.355 e. The molecule has 0 saturated heterocycles. The van der Waals surface area contributed by atoms with Crippen molar-refractivity contribution < 1.29 is 30.0 Å². The smallest absolute Gasteiger partial charge is 0.295 e. The molecule has 0 fully saturated rings. The first-order valence-corrected chi connectivity index (χ1v) is 12.0. The van der Waals surface area contributed by atoms with E-state index in [1.165, 1.54) is 6.07 Å². The molecule has 0 unspecified atom stereocenters. The van der Waals surface area contributed by atoms with Crippen LogP contribution in [0.4, 0.5) is 0 Å². The molecule has 7 nitrogen and oxygen atoms in total. The number of hydrogen-bond acceptors (Lipinski definition) is 4. The maximum atomic E-state index is 12.1. The molecule has 2 aliphatic heterocycles. The Hall–Kier alpha value is -3.75. The van der Waals surface area contributed by atoms with Crippen molar-refractivity contribution in [3.8, 4) is 11.1 Å². The number of H-pyrrole nitrogens is 2. The van der Waals surface area contributed by atoms with Gasteiger partial charge in [-0.15, -0.1) is 0 Å². The predicted molar refractivity (Wildman–Crippen MR) is 134 cm³/mol. The van der Waals surface area contributed by atoms with Crippen LogP contribution in [0, 0.1) is 0 Å². The van der Waals surface area contributed by atoms with E-state index in [1.807, 2.05) is 66.8 Å². The van der Waals surface area contributed by atoms with Crippen LogP contribution in [0.25, 0.3) is 57.5 Å². The van der Waals surface area contributed by atoms with Crippen LogP contribution in [0.2, 0.25) is 0 Å². The summed E-state index contributed by atoms with van der Waals surface area (Å²) in [5.74, 6) is 0. The first kappa shape index (κ1) is 23.0. The van der Waals surface area contributed by atoms with Crippen LogP contribution < -0.4 is 0 Å². The third kappa shape index (κ3) is 4.62. The fourth-order valence-corrected chi connectivity index (χ4v) is 4.86. The molecule has 4 aromatic rings. The van der Waals surface area contributed by atoms with Crippen molar-refractivity contribution in [2.75, 3.05) is 0 Å². The van der Waals surface area contributed by atoms with Gasteiger partial charge in [-0.05, 0) is 72.8 Å². The number of fused-ring (bicyclic) bond motifs is 8. The van der Waals surface area contributed by atoms with Gasteiger partial charge in [0.15, 0.2) is 0 Å². The molecule has 2 aliphatic rings. The van der Waals surface area contributed by atoms with E-state index in [0.717, 1.165) is 33.6 Å². The fourth-order valence-electron chi connectivity index (χ4n) is 4.15. The largest absolute Gasteiger partial charge is 0.355 e. The van der Waals surface area contributed by atoms with Crippen LogP contribution >= 0.6 is 0 Å². The van der Waals surface area contributed by atoms with Crippen LogP contribution in [0.5, 0.6) is 0 Å². The fraction of sp³-hybridized carbons (Fsp3) is 0.